The zero-order chi connectivity index (χ0) is 16.9. The maximum absolute atomic E-state index is 12.5. The lowest BCUT2D eigenvalue weighted by molar-refractivity contribution is 0.102. The predicted octanol–water partition coefficient (Wildman–Crippen LogP) is 3.73. The highest BCUT2D eigenvalue weighted by Gasteiger charge is 2.16. The molecule has 1 amide bonds. The molecule has 0 atom stereocenters. The minimum absolute atomic E-state index is 0.194. The second kappa shape index (κ2) is 7.43. The Morgan fingerprint density at radius 2 is 1.67 bits per heavy atom. The van der Waals surface area contributed by atoms with Crippen LogP contribution >= 0.6 is 0 Å². The lowest BCUT2D eigenvalue weighted by Gasteiger charge is -2.22. The van der Waals surface area contributed by atoms with Gasteiger partial charge in [-0.3, -0.25) is 4.79 Å². The van der Waals surface area contributed by atoms with Gasteiger partial charge < -0.3 is 10.2 Å². The molecule has 126 valence electrons. The van der Waals surface area contributed by atoms with Gasteiger partial charge >= 0.3 is 0 Å². The molecule has 24 heavy (non-hydrogen) atoms. The lowest BCUT2D eigenvalue weighted by Crippen LogP contribution is -2.26. The molecule has 1 aliphatic heterocycles. The van der Waals surface area contributed by atoms with Gasteiger partial charge in [-0.25, -0.2) is 9.97 Å². The molecule has 1 aromatic heterocycles. The lowest BCUT2D eigenvalue weighted by atomic mass is 10.2. The number of aromatic nitrogens is 2. The van der Waals surface area contributed by atoms with Crippen molar-refractivity contribution >= 4 is 17.4 Å². The Balaban J connectivity index is 1.79. The average Bonchev–Trinajstić information content (AvgIpc) is 2.86. The molecule has 1 N–H and O–H groups in total. The summed E-state index contributed by atoms with van der Waals surface area (Å²) in [4.78, 5) is 23.7. The zero-order valence-electron chi connectivity index (χ0n) is 14.4. The summed E-state index contributed by atoms with van der Waals surface area (Å²) in [6.07, 6.45) is 4.88. The van der Waals surface area contributed by atoms with Gasteiger partial charge in [0.05, 0.1) is 0 Å². The highest BCUT2D eigenvalue weighted by atomic mass is 16.1. The second-order valence-electron chi connectivity index (χ2n) is 6.38. The monoisotopic (exact) mass is 324 g/mol. The number of carbonyl (C=O) groups excluding carboxylic acids is 1. The molecule has 0 aliphatic carbocycles. The number of hydrogen-bond acceptors (Lipinski definition) is 4. The van der Waals surface area contributed by atoms with E-state index < -0.39 is 0 Å². The second-order valence-corrected chi connectivity index (χ2v) is 6.38. The van der Waals surface area contributed by atoms with Crippen LogP contribution in [0.3, 0.4) is 0 Å². The number of amides is 1. The zero-order valence-corrected chi connectivity index (χ0v) is 14.4. The van der Waals surface area contributed by atoms with E-state index in [0.29, 0.717) is 11.5 Å². The molecule has 1 aliphatic rings. The summed E-state index contributed by atoms with van der Waals surface area (Å²) in [5.41, 5.74) is 2.36. The van der Waals surface area contributed by atoms with E-state index >= 15 is 0 Å². The third-order valence-corrected chi connectivity index (χ3v) is 4.30. The van der Waals surface area contributed by atoms with Gasteiger partial charge in [-0.2, -0.15) is 0 Å². The molecule has 2 aromatic rings. The van der Waals surface area contributed by atoms with Crippen molar-refractivity contribution < 1.29 is 4.79 Å². The summed E-state index contributed by atoms with van der Waals surface area (Å²) in [7, 11) is 0. The van der Waals surface area contributed by atoms with Crippen molar-refractivity contribution in [2.45, 2.75) is 39.5 Å². The van der Waals surface area contributed by atoms with E-state index in [1.54, 1.807) is 0 Å². The number of anilines is 2. The van der Waals surface area contributed by atoms with Gasteiger partial charge in [-0.1, -0.05) is 30.5 Å². The molecule has 0 bridgehead atoms. The van der Waals surface area contributed by atoms with Gasteiger partial charge in [0.1, 0.15) is 17.3 Å². The number of benzene rings is 1. The summed E-state index contributed by atoms with van der Waals surface area (Å²) in [5, 5.41) is 2.91. The largest absolute Gasteiger partial charge is 0.356 e. The predicted molar refractivity (Wildman–Crippen MR) is 96.6 cm³/mol. The number of aryl methyl sites for hydroxylation is 2. The van der Waals surface area contributed by atoms with E-state index in [1.165, 1.54) is 25.7 Å². The van der Waals surface area contributed by atoms with Gasteiger partial charge in [0.2, 0.25) is 0 Å². The summed E-state index contributed by atoms with van der Waals surface area (Å²) < 4.78 is 0. The summed E-state index contributed by atoms with van der Waals surface area (Å²) in [6, 6.07) is 9.56. The molecule has 3 rings (SSSR count). The van der Waals surface area contributed by atoms with E-state index in [9.17, 15) is 4.79 Å². The Labute approximate surface area is 143 Å². The van der Waals surface area contributed by atoms with E-state index in [-0.39, 0.29) is 5.91 Å². The Hall–Kier alpha value is -2.43. The maximum atomic E-state index is 12.5. The van der Waals surface area contributed by atoms with Crippen LogP contribution < -0.4 is 10.2 Å². The van der Waals surface area contributed by atoms with Crippen molar-refractivity contribution in [3.63, 3.8) is 0 Å². The fourth-order valence-electron chi connectivity index (χ4n) is 2.96. The molecule has 0 saturated carbocycles. The van der Waals surface area contributed by atoms with Crippen molar-refractivity contribution in [2.75, 3.05) is 23.3 Å². The fraction of sp³-hybridized carbons (Fsp3) is 0.421. The molecular formula is C19H24N4O. The fourth-order valence-corrected chi connectivity index (χ4v) is 2.96. The molecule has 1 aromatic carbocycles. The highest BCUT2D eigenvalue weighted by molar-refractivity contribution is 6.03. The molecule has 1 saturated heterocycles. The molecule has 5 heteroatoms. The minimum Gasteiger partial charge on any atom is -0.356 e. The number of nitrogens with zero attached hydrogens (tertiary/aromatic N) is 3. The van der Waals surface area contributed by atoms with Crippen LogP contribution in [0.25, 0.3) is 0 Å². The van der Waals surface area contributed by atoms with E-state index in [4.69, 9.17) is 0 Å². The van der Waals surface area contributed by atoms with Crippen LogP contribution in [0.15, 0.2) is 30.3 Å². The van der Waals surface area contributed by atoms with Crippen LogP contribution in [0.4, 0.5) is 11.5 Å². The van der Waals surface area contributed by atoms with E-state index in [0.717, 1.165) is 30.2 Å². The number of hydrogen-bond donors (Lipinski definition) is 1. The Bertz CT molecular complexity index is 704. The van der Waals surface area contributed by atoms with Gasteiger partial charge in [0.25, 0.3) is 5.91 Å². The summed E-state index contributed by atoms with van der Waals surface area (Å²) >= 11 is 0. The highest BCUT2D eigenvalue weighted by Crippen LogP contribution is 2.19. The van der Waals surface area contributed by atoms with Crippen LogP contribution in [0.1, 0.15) is 47.6 Å². The van der Waals surface area contributed by atoms with Gasteiger partial charge in [-0.05, 0) is 38.8 Å². The molecule has 1 fully saturated rings. The topological polar surface area (TPSA) is 58.1 Å². The number of nitrogens with one attached hydrogen (secondary N) is 1. The summed E-state index contributed by atoms with van der Waals surface area (Å²) in [5.74, 6) is 1.30. The van der Waals surface area contributed by atoms with Crippen LogP contribution in [-0.4, -0.2) is 29.0 Å². The van der Waals surface area contributed by atoms with Crippen molar-refractivity contribution in [3.8, 4) is 0 Å². The standard InChI is InChI=1S/C19H24N4O/c1-14-7-9-16(10-8-14)22-19(24)17-13-18(21-15(2)20-17)23-11-5-3-4-6-12-23/h7-10,13H,3-6,11-12H2,1-2H3,(H,22,24). The van der Waals surface area contributed by atoms with Crippen molar-refractivity contribution in [1.82, 2.24) is 9.97 Å². The van der Waals surface area contributed by atoms with Crippen molar-refractivity contribution in [2.24, 2.45) is 0 Å². The molecular weight excluding hydrogens is 300 g/mol. The van der Waals surface area contributed by atoms with Crippen LogP contribution in [0, 0.1) is 13.8 Å². The molecule has 0 spiro atoms. The maximum Gasteiger partial charge on any atom is 0.274 e. The Morgan fingerprint density at radius 3 is 2.33 bits per heavy atom. The van der Waals surface area contributed by atoms with E-state index in [1.807, 2.05) is 44.2 Å². The number of carbonyl (C=O) groups is 1. The van der Waals surface area contributed by atoms with Crippen LogP contribution in [0.5, 0.6) is 0 Å². The smallest absolute Gasteiger partial charge is 0.274 e. The normalized spacial score (nSPS) is 15.0. The Kier molecular flexibility index (Phi) is 5.08. The first-order chi connectivity index (χ1) is 11.6. The molecule has 0 radical (unpaired) electrons. The SMILES string of the molecule is Cc1ccc(NC(=O)c2cc(N3CCCCCC3)nc(C)n2)cc1. The first-order valence-corrected chi connectivity index (χ1v) is 8.60. The molecule has 5 nitrogen and oxygen atoms in total. The van der Waals surface area contributed by atoms with Gasteiger partial charge in [0.15, 0.2) is 0 Å². The molecule has 2 heterocycles. The first kappa shape index (κ1) is 16.4. The summed E-state index contributed by atoms with van der Waals surface area (Å²) in [6.45, 7) is 5.85. The van der Waals surface area contributed by atoms with Gasteiger partial charge in [-0.15, -0.1) is 0 Å². The van der Waals surface area contributed by atoms with Crippen molar-refractivity contribution in [3.05, 3.63) is 47.4 Å². The quantitative estimate of drug-likeness (QED) is 0.934. The molecule has 0 unspecified atom stereocenters. The van der Waals surface area contributed by atoms with Crippen LogP contribution in [0.2, 0.25) is 0 Å². The van der Waals surface area contributed by atoms with Crippen molar-refractivity contribution in [1.29, 1.82) is 0 Å². The average molecular weight is 324 g/mol. The minimum atomic E-state index is -0.194. The third-order valence-electron chi connectivity index (χ3n) is 4.30. The first-order valence-electron chi connectivity index (χ1n) is 8.60. The van der Waals surface area contributed by atoms with Gasteiger partial charge in [0, 0.05) is 24.8 Å². The van der Waals surface area contributed by atoms with Crippen LogP contribution in [-0.2, 0) is 0 Å². The third kappa shape index (κ3) is 4.10. The Morgan fingerprint density at radius 1 is 1.00 bits per heavy atom. The number of rotatable bonds is 3. The van der Waals surface area contributed by atoms with E-state index in [2.05, 4.69) is 20.2 Å².